The molecular formula is C16H19N5O3S. The van der Waals surface area contributed by atoms with E-state index in [1.807, 2.05) is 31.2 Å². The van der Waals surface area contributed by atoms with Gasteiger partial charge in [-0.1, -0.05) is 29.8 Å². The molecule has 2 aromatic rings. The summed E-state index contributed by atoms with van der Waals surface area (Å²) in [7, 11) is 1.36. The first-order chi connectivity index (χ1) is 12.1. The van der Waals surface area contributed by atoms with Gasteiger partial charge in [-0.3, -0.25) is 9.59 Å². The molecule has 0 aliphatic carbocycles. The molecule has 1 aromatic heterocycles. The zero-order chi connectivity index (χ0) is 17.8. The number of benzene rings is 1. The zero-order valence-electron chi connectivity index (χ0n) is 14.1. The molecule has 1 aromatic carbocycles. The minimum atomic E-state index is -0.338. The fourth-order valence-electron chi connectivity index (χ4n) is 2.50. The third-order valence-corrected chi connectivity index (χ3v) is 5.08. The molecule has 1 atom stereocenters. The zero-order valence-corrected chi connectivity index (χ0v) is 14.9. The van der Waals surface area contributed by atoms with Gasteiger partial charge in [-0.05, 0) is 12.1 Å². The van der Waals surface area contributed by atoms with Crippen LogP contribution in [0, 0.1) is 6.92 Å². The van der Waals surface area contributed by atoms with Gasteiger partial charge in [0.25, 0.3) is 0 Å². The topological polar surface area (TPSA) is 90.2 Å². The Morgan fingerprint density at radius 1 is 1.32 bits per heavy atom. The minimum Gasteiger partial charge on any atom is -0.468 e. The molecule has 1 aliphatic rings. The van der Waals surface area contributed by atoms with Crippen molar-refractivity contribution in [3.05, 3.63) is 29.8 Å². The number of hydrogen-bond donors (Lipinski definition) is 0. The van der Waals surface area contributed by atoms with Gasteiger partial charge in [0.15, 0.2) is 0 Å². The van der Waals surface area contributed by atoms with E-state index in [2.05, 4.69) is 15.4 Å². The number of hydrogen-bond acceptors (Lipinski definition) is 7. The van der Waals surface area contributed by atoms with E-state index in [-0.39, 0.29) is 23.7 Å². The quantitative estimate of drug-likeness (QED) is 0.743. The second-order valence-corrected chi connectivity index (χ2v) is 7.04. The summed E-state index contributed by atoms with van der Waals surface area (Å²) in [5.41, 5.74) is 2.00. The molecule has 1 saturated heterocycles. The van der Waals surface area contributed by atoms with Gasteiger partial charge in [-0.25, -0.2) is 0 Å². The molecule has 0 unspecified atom stereocenters. The lowest BCUT2D eigenvalue weighted by molar-refractivity contribution is -0.141. The number of carbonyl (C=O) groups excluding carboxylic acids is 2. The molecule has 0 radical (unpaired) electrons. The van der Waals surface area contributed by atoms with Crippen LogP contribution in [0.2, 0.25) is 0 Å². The lowest BCUT2D eigenvalue weighted by Crippen LogP contribution is -2.46. The molecule has 1 amide bonds. The van der Waals surface area contributed by atoms with E-state index < -0.39 is 0 Å². The van der Waals surface area contributed by atoms with Crippen LogP contribution in [0.3, 0.4) is 0 Å². The highest BCUT2D eigenvalue weighted by molar-refractivity contribution is 8.00. The van der Waals surface area contributed by atoms with Crippen molar-refractivity contribution in [1.82, 2.24) is 25.1 Å². The first-order valence-electron chi connectivity index (χ1n) is 7.89. The Hall–Kier alpha value is -2.42. The summed E-state index contributed by atoms with van der Waals surface area (Å²) in [5.74, 6) is 0.741. The smallest absolute Gasteiger partial charge is 0.320 e. The van der Waals surface area contributed by atoms with Crippen LogP contribution in [0.1, 0.15) is 5.56 Å². The predicted octanol–water partition coefficient (Wildman–Crippen LogP) is 0.766. The van der Waals surface area contributed by atoms with Crippen molar-refractivity contribution >= 4 is 23.6 Å². The monoisotopic (exact) mass is 361 g/mol. The van der Waals surface area contributed by atoms with Gasteiger partial charge in [0.05, 0.1) is 7.11 Å². The molecule has 0 N–H and O–H groups in total. The summed E-state index contributed by atoms with van der Waals surface area (Å²) in [5, 5.41) is 11.9. The van der Waals surface area contributed by atoms with E-state index in [1.54, 1.807) is 4.90 Å². The first-order valence-corrected chi connectivity index (χ1v) is 8.94. The highest BCUT2D eigenvalue weighted by Gasteiger charge is 2.29. The number of carbonyl (C=O) groups is 2. The number of aromatic nitrogens is 4. The molecule has 0 saturated carbocycles. The summed E-state index contributed by atoms with van der Waals surface area (Å²) in [6.07, 6.45) is 0. The molecule has 0 bridgehead atoms. The summed E-state index contributed by atoms with van der Waals surface area (Å²) < 4.78 is 4.76. The lowest BCUT2D eigenvalue weighted by atomic mass is 10.1. The second-order valence-electron chi connectivity index (χ2n) is 5.73. The summed E-state index contributed by atoms with van der Waals surface area (Å²) in [6.45, 7) is 2.94. The van der Waals surface area contributed by atoms with E-state index in [0.29, 0.717) is 24.7 Å². The van der Waals surface area contributed by atoms with Crippen LogP contribution in [0.4, 0.5) is 0 Å². The number of tetrazole rings is 1. The largest absolute Gasteiger partial charge is 0.468 e. The molecule has 1 aliphatic heterocycles. The standard InChI is InChI=1S/C16H19N5O3S/c1-11-3-5-12(6-4-11)15-17-19-21(18-15)10-14(22)20-7-8-25-13(9-20)16(23)24-2/h3-6,13H,7-10H2,1-2H3/t13-/m0/s1. The maximum Gasteiger partial charge on any atom is 0.320 e. The van der Waals surface area contributed by atoms with Crippen LogP contribution < -0.4 is 0 Å². The van der Waals surface area contributed by atoms with E-state index >= 15 is 0 Å². The molecule has 132 valence electrons. The molecular weight excluding hydrogens is 342 g/mol. The molecule has 8 nitrogen and oxygen atoms in total. The van der Waals surface area contributed by atoms with Crippen LogP contribution >= 0.6 is 11.8 Å². The lowest BCUT2D eigenvalue weighted by Gasteiger charge is -2.30. The van der Waals surface area contributed by atoms with E-state index in [9.17, 15) is 9.59 Å². The SMILES string of the molecule is COC(=O)[C@@H]1CN(C(=O)Cn2nnc(-c3ccc(C)cc3)n2)CCS1. The van der Waals surface area contributed by atoms with Crippen molar-refractivity contribution in [2.24, 2.45) is 0 Å². The van der Waals surface area contributed by atoms with Gasteiger partial charge in [0.2, 0.25) is 11.7 Å². The van der Waals surface area contributed by atoms with Gasteiger partial charge >= 0.3 is 5.97 Å². The van der Waals surface area contributed by atoms with Crippen molar-refractivity contribution < 1.29 is 14.3 Å². The Labute approximate surface area is 149 Å². The number of amides is 1. The summed E-state index contributed by atoms with van der Waals surface area (Å²) >= 11 is 1.51. The Kier molecular flexibility index (Phi) is 5.32. The number of ether oxygens (including phenoxy) is 1. The van der Waals surface area contributed by atoms with E-state index in [0.717, 1.165) is 11.1 Å². The van der Waals surface area contributed by atoms with Crippen LogP contribution in [0.15, 0.2) is 24.3 Å². The average Bonchev–Trinajstić information content (AvgIpc) is 3.10. The maximum absolute atomic E-state index is 12.5. The molecule has 3 rings (SSSR count). The Bertz CT molecular complexity index is 761. The fraction of sp³-hybridized carbons (Fsp3) is 0.438. The van der Waals surface area contributed by atoms with Crippen LogP contribution in [0.5, 0.6) is 0 Å². The molecule has 2 heterocycles. The molecule has 9 heteroatoms. The van der Waals surface area contributed by atoms with E-state index in [1.165, 1.54) is 23.7 Å². The van der Waals surface area contributed by atoms with Crippen molar-refractivity contribution in [2.45, 2.75) is 18.7 Å². The third-order valence-electron chi connectivity index (χ3n) is 3.92. The van der Waals surface area contributed by atoms with Crippen molar-refractivity contribution in [1.29, 1.82) is 0 Å². The van der Waals surface area contributed by atoms with Crippen LogP contribution in [-0.2, 0) is 20.9 Å². The number of rotatable bonds is 4. The molecule has 1 fully saturated rings. The Morgan fingerprint density at radius 2 is 2.08 bits per heavy atom. The highest BCUT2D eigenvalue weighted by Crippen LogP contribution is 2.20. The fourth-order valence-corrected chi connectivity index (χ4v) is 3.63. The number of methoxy groups -OCH3 is 1. The Balaban J connectivity index is 1.63. The van der Waals surface area contributed by atoms with Gasteiger partial charge in [0, 0.05) is 24.4 Å². The van der Waals surface area contributed by atoms with Crippen molar-refractivity contribution in [2.75, 3.05) is 26.0 Å². The summed E-state index contributed by atoms with van der Waals surface area (Å²) in [4.78, 5) is 27.0. The van der Waals surface area contributed by atoms with Gasteiger partial charge in [-0.15, -0.1) is 22.0 Å². The van der Waals surface area contributed by atoms with Gasteiger partial charge in [0.1, 0.15) is 11.8 Å². The van der Waals surface area contributed by atoms with Gasteiger partial charge < -0.3 is 9.64 Å². The number of aryl methyl sites for hydroxylation is 1. The average molecular weight is 361 g/mol. The van der Waals surface area contributed by atoms with Crippen molar-refractivity contribution in [3.8, 4) is 11.4 Å². The van der Waals surface area contributed by atoms with E-state index in [4.69, 9.17) is 4.74 Å². The molecule has 0 spiro atoms. The minimum absolute atomic E-state index is 0.00256. The number of thioether (sulfide) groups is 1. The first kappa shape index (κ1) is 17.4. The number of esters is 1. The van der Waals surface area contributed by atoms with Crippen LogP contribution in [0.25, 0.3) is 11.4 Å². The highest BCUT2D eigenvalue weighted by atomic mass is 32.2. The summed E-state index contributed by atoms with van der Waals surface area (Å²) in [6, 6.07) is 7.78. The van der Waals surface area contributed by atoms with Crippen molar-refractivity contribution in [3.63, 3.8) is 0 Å². The van der Waals surface area contributed by atoms with Gasteiger partial charge in [-0.2, -0.15) is 4.80 Å². The third kappa shape index (κ3) is 4.16. The number of nitrogens with zero attached hydrogens (tertiary/aromatic N) is 5. The Morgan fingerprint density at radius 3 is 2.80 bits per heavy atom. The van der Waals surface area contributed by atoms with Crippen LogP contribution in [-0.4, -0.2) is 68.2 Å². The second kappa shape index (κ2) is 7.64. The maximum atomic E-state index is 12.5. The molecule has 25 heavy (non-hydrogen) atoms. The normalized spacial score (nSPS) is 17.4. The predicted molar refractivity (Wildman–Crippen MR) is 92.8 cm³/mol.